The van der Waals surface area contributed by atoms with Crippen molar-refractivity contribution < 1.29 is 13.6 Å². The Balaban J connectivity index is 1.99. The van der Waals surface area contributed by atoms with Crippen LogP contribution < -0.4 is 15.4 Å². The molecular weight excluding hydrogens is 349 g/mol. The van der Waals surface area contributed by atoms with Gasteiger partial charge < -0.3 is 10.6 Å². The Labute approximate surface area is 139 Å². The van der Waals surface area contributed by atoms with Crippen molar-refractivity contribution in [2.45, 2.75) is 0 Å². The summed E-state index contributed by atoms with van der Waals surface area (Å²) in [7, 11) is 0. The number of amides is 2. The number of halogens is 2. The number of benzene rings is 2. The van der Waals surface area contributed by atoms with Gasteiger partial charge in [-0.05, 0) is 42.5 Å². The van der Waals surface area contributed by atoms with Crippen molar-refractivity contribution in [2.24, 2.45) is 0 Å². The van der Waals surface area contributed by atoms with Gasteiger partial charge in [-0.1, -0.05) is 23.2 Å². The normalized spacial score (nSPS) is 11.6. The van der Waals surface area contributed by atoms with Gasteiger partial charge in [-0.15, -0.1) is 0 Å². The van der Waals surface area contributed by atoms with Crippen LogP contribution in [0.1, 0.15) is 0 Å². The fraction of sp³-hybridized carbons (Fsp3) is 0. The first kappa shape index (κ1) is 16.6. The zero-order valence-electron chi connectivity index (χ0n) is 11.0. The van der Waals surface area contributed by atoms with Gasteiger partial charge in [0.05, 0.1) is 10.7 Å². The molecule has 0 radical (unpaired) electrons. The highest BCUT2D eigenvalue weighted by Gasteiger charge is 2.07. The molecular formula is C13H11Cl2N3O3S. The molecule has 0 spiro atoms. The molecule has 9 heteroatoms. The van der Waals surface area contributed by atoms with Crippen LogP contribution in [0.3, 0.4) is 0 Å². The predicted octanol–water partition coefficient (Wildman–Crippen LogP) is 4.19. The van der Waals surface area contributed by atoms with E-state index in [1.165, 1.54) is 6.07 Å². The molecule has 2 rings (SSSR count). The third-order valence-corrected chi connectivity index (χ3v) is 3.50. The lowest BCUT2D eigenvalue weighted by atomic mass is 10.3. The van der Waals surface area contributed by atoms with Gasteiger partial charge in [-0.2, -0.15) is 0 Å². The fourth-order valence-electron chi connectivity index (χ4n) is 1.60. The standard InChI is InChI=1S/C13H11Cl2N3O3S/c14-8-1-6-11(15)12(7-8)17-13(19)16-9-2-4-10(5-3-9)18-22(20)21/h1-7,18H,(H,20,21)(H2,16,17,19). The second kappa shape index (κ2) is 7.46. The van der Waals surface area contributed by atoms with Gasteiger partial charge in [0.25, 0.3) is 11.3 Å². The van der Waals surface area contributed by atoms with Crippen molar-refractivity contribution in [3.63, 3.8) is 0 Å². The first-order valence-corrected chi connectivity index (χ1v) is 7.81. The number of hydrogen-bond donors (Lipinski definition) is 4. The average Bonchev–Trinajstić information content (AvgIpc) is 2.44. The SMILES string of the molecule is O=C(Nc1ccc(NS(=O)O)cc1)Nc1cc(Cl)ccc1Cl. The van der Waals surface area contributed by atoms with E-state index in [2.05, 4.69) is 15.4 Å². The van der Waals surface area contributed by atoms with Crippen LogP contribution in [0.2, 0.25) is 10.0 Å². The molecule has 0 aliphatic heterocycles. The summed E-state index contributed by atoms with van der Waals surface area (Å²) in [4.78, 5) is 11.9. The van der Waals surface area contributed by atoms with Crippen molar-refractivity contribution in [1.82, 2.24) is 0 Å². The largest absolute Gasteiger partial charge is 0.323 e. The first-order valence-electron chi connectivity index (χ1n) is 5.94. The van der Waals surface area contributed by atoms with Crippen LogP contribution in [-0.4, -0.2) is 14.8 Å². The Bertz CT molecular complexity index is 710. The van der Waals surface area contributed by atoms with Gasteiger partial charge in [0.1, 0.15) is 0 Å². The Morgan fingerprint density at radius 2 is 1.64 bits per heavy atom. The number of carbonyl (C=O) groups is 1. The molecule has 4 N–H and O–H groups in total. The molecule has 0 fully saturated rings. The number of anilines is 3. The molecule has 0 bridgehead atoms. The van der Waals surface area contributed by atoms with Crippen molar-refractivity contribution >= 4 is 57.6 Å². The first-order chi connectivity index (χ1) is 10.4. The van der Waals surface area contributed by atoms with Gasteiger partial charge >= 0.3 is 6.03 Å². The maximum atomic E-state index is 11.9. The van der Waals surface area contributed by atoms with E-state index in [0.29, 0.717) is 27.1 Å². The molecule has 0 aliphatic carbocycles. The molecule has 116 valence electrons. The van der Waals surface area contributed by atoms with E-state index in [1.807, 2.05) is 0 Å². The van der Waals surface area contributed by atoms with Crippen molar-refractivity contribution in [3.8, 4) is 0 Å². The third kappa shape index (κ3) is 4.88. The second-order valence-electron chi connectivity index (χ2n) is 4.13. The Hall–Kier alpha value is -1.80. The van der Waals surface area contributed by atoms with Gasteiger partial charge in [0.2, 0.25) is 0 Å². The van der Waals surface area contributed by atoms with E-state index in [-0.39, 0.29) is 0 Å². The Morgan fingerprint density at radius 1 is 1.00 bits per heavy atom. The van der Waals surface area contributed by atoms with Crippen molar-refractivity contribution in [2.75, 3.05) is 15.4 Å². The molecule has 2 aromatic rings. The fourth-order valence-corrected chi connectivity index (χ4v) is 2.27. The minimum atomic E-state index is -2.14. The number of nitrogens with one attached hydrogen (secondary N) is 3. The summed E-state index contributed by atoms with van der Waals surface area (Å²) in [5, 5.41) is 5.99. The molecule has 0 heterocycles. The molecule has 2 amide bonds. The van der Waals surface area contributed by atoms with Crippen LogP contribution in [0.25, 0.3) is 0 Å². The molecule has 0 saturated carbocycles. The maximum absolute atomic E-state index is 11.9. The third-order valence-electron chi connectivity index (χ3n) is 2.52. The lowest BCUT2D eigenvalue weighted by Gasteiger charge is -2.10. The minimum Gasteiger partial charge on any atom is -0.308 e. The number of rotatable bonds is 4. The lowest BCUT2D eigenvalue weighted by Crippen LogP contribution is -2.19. The number of hydrogen-bond acceptors (Lipinski definition) is 2. The smallest absolute Gasteiger partial charge is 0.308 e. The molecule has 0 aromatic heterocycles. The quantitative estimate of drug-likeness (QED) is 0.617. The van der Waals surface area contributed by atoms with Gasteiger partial charge in [0.15, 0.2) is 0 Å². The topological polar surface area (TPSA) is 90.5 Å². The highest BCUT2D eigenvalue weighted by Crippen LogP contribution is 2.25. The number of carbonyl (C=O) groups excluding carboxylic acids is 1. The molecule has 22 heavy (non-hydrogen) atoms. The van der Waals surface area contributed by atoms with Crippen LogP contribution in [-0.2, 0) is 11.3 Å². The monoisotopic (exact) mass is 359 g/mol. The van der Waals surface area contributed by atoms with E-state index < -0.39 is 17.3 Å². The minimum absolute atomic E-state index is 0.365. The second-order valence-corrected chi connectivity index (χ2v) is 5.68. The lowest BCUT2D eigenvalue weighted by molar-refractivity contribution is 0.262. The maximum Gasteiger partial charge on any atom is 0.323 e. The highest BCUT2D eigenvalue weighted by molar-refractivity contribution is 7.80. The highest BCUT2D eigenvalue weighted by atomic mass is 35.5. The van der Waals surface area contributed by atoms with Gasteiger partial charge in [-0.25, -0.2) is 9.00 Å². The van der Waals surface area contributed by atoms with Gasteiger partial charge in [0, 0.05) is 16.4 Å². The van der Waals surface area contributed by atoms with E-state index >= 15 is 0 Å². The molecule has 6 nitrogen and oxygen atoms in total. The van der Waals surface area contributed by atoms with Crippen LogP contribution in [0.5, 0.6) is 0 Å². The Kier molecular flexibility index (Phi) is 5.62. The van der Waals surface area contributed by atoms with Crippen LogP contribution in [0.15, 0.2) is 42.5 Å². The van der Waals surface area contributed by atoms with Crippen LogP contribution in [0, 0.1) is 0 Å². The molecule has 0 saturated heterocycles. The molecule has 1 unspecified atom stereocenters. The van der Waals surface area contributed by atoms with E-state index in [9.17, 15) is 9.00 Å². The Morgan fingerprint density at radius 3 is 2.27 bits per heavy atom. The zero-order valence-corrected chi connectivity index (χ0v) is 13.3. The summed E-state index contributed by atoms with van der Waals surface area (Å²) >= 11 is 9.65. The molecule has 1 atom stereocenters. The van der Waals surface area contributed by atoms with Crippen LogP contribution >= 0.6 is 23.2 Å². The predicted molar refractivity (Wildman–Crippen MR) is 89.9 cm³/mol. The average molecular weight is 360 g/mol. The van der Waals surface area contributed by atoms with E-state index in [1.54, 1.807) is 36.4 Å². The van der Waals surface area contributed by atoms with Gasteiger partial charge in [-0.3, -0.25) is 9.27 Å². The summed E-state index contributed by atoms with van der Waals surface area (Å²) < 4.78 is 21.6. The molecule has 0 aliphatic rings. The summed E-state index contributed by atoms with van der Waals surface area (Å²) in [6, 6.07) is 10.5. The summed E-state index contributed by atoms with van der Waals surface area (Å²) in [5.74, 6) is 0. The van der Waals surface area contributed by atoms with Crippen molar-refractivity contribution in [3.05, 3.63) is 52.5 Å². The summed E-state index contributed by atoms with van der Waals surface area (Å²) in [5.41, 5.74) is 1.34. The summed E-state index contributed by atoms with van der Waals surface area (Å²) in [6.07, 6.45) is 0. The summed E-state index contributed by atoms with van der Waals surface area (Å²) in [6.45, 7) is 0. The van der Waals surface area contributed by atoms with Crippen LogP contribution in [0.4, 0.5) is 21.9 Å². The van der Waals surface area contributed by atoms with E-state index in [4.69, 9.17) is 27.8 Å². The zero-order chi connectivity index (χ0) is 16.1. The van der Waals surface area contributed by atoms with E-state index in [0.717, 1.165) is 0 Å². The molecule has 2 aromatic carbocycles. The van der Waals surface area contributed by atoms with Crippen molar-refractivity contribution in [1.29, 1.82) is 0 Å². The number of urea groups is 1.